The van der Waals surface area contributed by atoms with Crippen LogP contribution in [0.15, 0.2) is 42.5 Å². The van der Waals surface area contributed by atoms with Crippen LogP contribution in [-0.4, -0.2) is 24.3 Å². The maximum Gasteiger partial charge on any atom is 0.255 e. The van der Waals surface area contributed by atoms with Gasteiger partial charge in [0.1, 0.15) is 11.6 Å². The summed E-state index contributed by atoms with van der Waals surface area (Å²) < 4.78 is 5.35. The number of ether oxygens (including phenoxy) is 1. The van der Waals surface area contributed by atoms with Gasteiger partial charge in [0.2, 0.25) is 0 Å². The Bertz CT molecular complexity index is 827. The van der Waals surface area contributed by atoms with E-state index >= 15 is 0 Å². The summed E-state index contributed by atoms with van der Waals surface area (Å²) in [7, 11) is 0. The van der Waals surface area contributed by atoms with Crippen molar-refractivity contribution >= 4 is 41.7 Å². The first-order chi connectivity index (χ1) is 11.9. The van der Waals surface area contributed by atoms with E-state index < -0.39 is 5.91 Å². The van der Waals surface area contributed by atoms with E-state index in [1.165, 1.54) is 6.07 Å². The molecule has 0 saturated carbocycles. The third-order valence-corrected chi connectivity index (χ3v) is 3.51. The molecule has 0 atom stereocenters. The van der Waals surface area contributed by atoms with E-state index in [9.17, 15) is 9.59 Å². The lowest BCUT2D eigenvalue weighted by Gasteiger charge is -2.13. The third-order valence-electron chi connectivity index (χ3n) is 3.27. The Kier molecular flexibility index (Phi) is 7.89. The zero-order valence-corrected chi connectivity index (χ0v) is 15.2. The van der Waals surface area contributed by atoms with E-state index in [4.69, 9.17) is 33.2 Å². The molecule has 0 spiro atoms. The van der Waals surface area contributed by atoms with Crippen LogP contribution in [0.4, 0.5) is 0 Å². The lowest BCUT2D eigenvalue weighted by Crippen LogP contribution is -2.24. The normalized spacial score (nSPS) is 9.73. The number of carbonyl (C=O) groups excluding carboxylic acids is 2. The SMILES string of the molecule is Cl.N=C(N)c1ccc(CNC(=O)c2cccc(Cl)c2)c(OCC(N)=O)c1. The Morgan fingerprint density at radius 3 is 2.46 bits per heavy atom. The summed E-state index contributed by atoms with van der Waals surface area (Å²) in [6, 6.07) is 11.4. The van der Waals surface area contributed by atoms with Gasteiger partial charge in [0.15, 0.2) is 6.61 Å². The fraction of sp³-hybridized carbons (Fsp3) is 0.118. The van der Waals surface area contributed by atoms with Crippen LogP contribution in [0.1, 0.15) is 21.5 Å². The van der Waals surface area contributed by atoms with E-state index in [2.05, 4.69) is 5.32 Å². The summed E-state index contributed by atoms with van der Waals surface area (Å²) in [5, 5.41) is 10.7. The van der Waals surface area contributed by atoms with Crippen LogP contribution >= 0.6 is 24.0 Å². The van der Waals surface area contributed by atoms with Crippen molar-refractivity contribution in [3.63, 3.8) is 0 Å². The number of primary amides is 1. The van der Waals surface area contributed by atoms with Crippen molar-refractivity contribution in [3.8, 4) is 5.75 Å². The molecular formula is C17H18Cl2N4O3. The lowest BCUT2D eigenvalue weighted by atomic mass is 10.1. The fourth-order valence-corrected chi connectivity index (χ4v) is 2.25. The summed E-state index contributed by atoms with van der Waals surface area (Å²) in [6.07, 6.45) is 0. The zero-order valence-electron chi connectivity index (χ0n) is 13.6. The van der Waals surface area contributed by atoms with Gasteiger partial charge in [-0.25, -0.2) is 0 Å². The minimum absolute atomic E-state index is 0. The topological polar surface area (TPSA) is 131 Å². The van der Waals surface area contributed by atoms with Crippen LogP contribution in [0, 0.1) is 5.41 Å². The number of nitrogen functional groups attached to an aromatic ring is 1. The lowest BCUT2D eigenvalue weighted by molar-refractivity contribution is -0.119. The standard InChI is InChI=1S/C17H17ClN4O3.ClH/c18-13-3-1-2-11(6-13)17(24)22-8-12-5-4-10(16(20)21)7-14(12)25-9-15(19)23;/h1-7H,8-9H2,(H2,19,23)(H3,20,21)(H,22,24);1H. The van der Waals surface area contributed by atoms with Crippen molar-refractivity contribution in [1.29, 1.82) is 5.41 Å². The zero-order chi connectivity index (χ0) is 18.4. The summed E-state index contributed by atoms with van der Waals surface area (Å²) in [5.41, 5.74) is 12.0. The van der Waals surface area contributed by atoms with E-state index in [0.29, 0.717) is 27.5 Å². The van der Waals surface area contributed by atoms with Crippen molar-refractivity contribution in [1.82, 2.24) is 5.32 Å². The monoisotopic (exact) mass is 396 g/mol. The molecule has 7 nitrogen and oxygen atoms in total. The van der Waals surface area contributed by atoms with Gasteiger partial charge >= 0.3 is 0 Å². The van der Waals surface area contributed by atoms with Gasteiger partial charge in [0.25, 0.3) is 11.8 Å². The van der Waals surface area contributed by atoms with Gasteiger partial charge in [0.05, 0.1) is 0 Å². The van der Waals surface area contributed by atoms with Crippen molar-refractivity contribution in [2.75, 3.05) is 6.61 Å². The predicted octanol–water partition coefficient (Wildman–Crippen LogP) is 1.84. The van der Waals surface area contributed by atoms with Crippen LogP contribution < -0.4 is 21.5 Å². The maximum absolute atomic E-state index is 12.2. The second kappa shape index (κ2) is 9.65. The molecule has 2 rings (SSSR count). The number of benzene rings is 2. The number of amides is 2. The van der Waals surface area contributed by atoms with E-state index in [-0.39, 0.29) is 37.3 Å². The quantitative estimate of drug-likeness (QED) is 0.419. The van der Waals surface area contributed by atoms with E-state index in [1.807, 2.05) is 0 Å². The summed E-state index contributed by atoms with van der Waals surface area (Å²) in [4.78, 5) is 23.1. The third kappa shape index (κ3) is 5.94. The number of hydrogen-bond donors (Lipinski definition) is 4. The van der Waals surface area contributed by atoms with Gasteiger partial charge < -0.3 is 21.5 Å². The van der Waals surface area contributed by atoms with Gasteiger partial charge in [-0.3, -0.25) is 15.0 Å². The predicted molar refractivity (Wildman–Crippen MR) is 102 cm³/mol. The molecule has 0 aromatic heterocycles. The highest BCUT2D eigenvalue weighted by Gasteiger charge is 2.11. The van der Waals surface area contributed by atoms with Gasteiger partial charge in [-0.2, -0.15) is 0 Å². The molecule has 0 bridgehead atoms. The molecule has 2 aromatic rings. The van der Waals surface area contributed by atoms with Crippen molar-refractivity contribution in [3.05, 3.63) is 64.2 Å². The molecule has 0 aliphatic heterocycles. The first-order valence-electron chi connectivity index (χ1n) is 7.29. The Morgan fingerprint density at radius 2 is 1.85 bits per heavy atom. The van der Waals surface area contributed by atoms with E-state index in [0.717, 1.165) is 0 Å². The molecule has 0 aliphatic rings. The van der Waals surface area contributed by atoms with Crippen LogP contribution in [0.2, 0.25) is 5.02 Å². The highest BCUT2D eigenvalue weighted by atomic mass is 35.5. The average Bonchev–Trinajstić information content (AvgIpc) is 2.57. The summed E-state index contributed by atoms with van der Waals surface area (Å²) >= 11 is 5.87. The molecule has 0 radical (unpaired) electrons. The van der Waals surface area contributed by atoms with Crippen LogP contribution in [-0.2, 0) is 11.3 Å². The number of nitrogens with two attached hydrogens (primary N) is 2. The molecule has 9 heteroatoms. The Labute approximate surface area is 161 Å². The highest BCUT2D eigenvalue weighted by molar-refractivity contribution is 6.30. The number of hydrogen-bond acceptors (Lipinski definition) is 4. The van der Waals surface area contributed by atoms with Gasteiger partial charge in [0, 0.05) is 28.3 Å². The highest BCUT2D eigenvalue weighted by Crippen LogP contribution is 2.21. The van der Waals surface area contributed by atoms with Crippen molar-refractivity contribution in [2.45, 2.75) is 6.54 Å². The summed E-state index contributed by atoms with van der Waals surface area (Å²) in [5.74, 6) is -0.766. The average molecular weight is 397 g/mol. The van der Waals surface area contributed by atoms with E-state index in [1.54, 1.807) is 36.4 Å². The van der Waals surface area contributed by atoms with Gasteiger partial charge in [-0.1, -0.05) is 29.8 Å². The Balaban J connectivity index is 0.00000338. The molecule has 0 heterocycles. The van der Waals surface area contributed by atoms with Crippen molar-refractivity contribution < 1.29 is 14.3 Å². The number of amidine groups is 1. The Morgan fingerprint density at radius 1 is 1.12 bits per heavy atom. The molecule has 0 aliphatic carbocycles. The smallest absolute Gasteiger partial charge is 0.255 e. The minimum Gasteiger partial charge on any atom is -0.483 e. The first-order valence-corrected chi connectivity index (χ1v) is 7.67. The van der Waals surface area contributed by atoms with Crippen molar-refractivity contribution in [2.24, 2.45) is 11.5 Å². The maximum atomic E-state index is 12.2. The first kappa shape index (κ1) is 21.3. The molecule has 0 fully saturated rings. The molecule has 138 valence electrons. The van der Waals surface area contributed by atoms with Gasteiger partial charge in [-0.05, 0) is 24.3 Å². The number of rotatable bonds is 7. The second-order valence-corrected chi connectivity index (χ2v) is 5.62. The van der Waals surface area contributed by atoms with Gasteiger partial charge in [-0.15, -0.1) is 12.4 Å². The molecule has 6 N–H and O–H groups in total. The largest absolute Gasteiger partial charge is 0.483 e. The number of halogens is 2. The minimum atomic E-state index is -0.637. The number of nitrogens with one attached hydrogen (secondary N) is 2. The molecular weight excluding hydrogens is 379 g/mol. The van der Waals surface area contributed by atoms with Crippen LogP contribution in [0.3, 0.4) is 0 Å². The molecule has 0 unspecified atom stereocenters. The second-order valence-electron chi connectivity index (χ2n) is 5.18. The molecule has 2 amide bonds. The van der Waals surface area contributed by atoms with Crippen LogP contribution in [0.25, 0.3) is 0 Å². The summed E-state index contributed by atoms with van der Waals surface area (Å²) in [6.45, 7) is -0.172. The molecule has 0 saturated heterocycles. The molecule has 26 heavy (non-hydrogen) atoms. The fourth-order valence-electron chi connectivity index (χ4n) is 2.06. The molecule has 2 aromatic carbocycles. The Hall–Kier alpha value is -2.77. The number of carbonyl (C=O) groups is 2. The van der Waals surface area contributed by atoms with Crippen LogP contribution in [0.5, 0.6) is 5.75 Å².